The number of allylic oxidation sites excluding steroid dienone is 1. The predicted octanol–water partition coefficient (Wildman–Crippen LogP) is 5.13. The number of halogens is 9. The van der Waals surface area contributed by atoms with Crippen LogP contribution in [0.4, 0.5) is 39.5 Å². The van der Waals surface area contributed by atoms with Crippen LogP contribution in [-0.2, 0) is 14.9 Å². The van der Waals surface area contributed by atoms with Crippen LogP contribution in [-0.4, -0.2) is 49.1 Å². The van der Waals surface area contributed by atoms with Crippen LogP contribution < -0.4 is 0 Å². The molecule has 14 heteroatoms. The zero-order chi connectivity index (χ0) is 22.9. The Labute approximate surface area is 160 Å². The van der Waals surface area contributed by atoms with E-state index >= 15 is 0 Å². The SMILES string of the molecule is CC1(OCCCCC(F)(F)C(F)(F)C(F)(F)C(F)(F)F)C=CC(S(=O)(=O)O)=CC1. The molecule has 1 aliphatic carbocycles. The highest BCUT2D eigenvalue weighted by Crippen LogP contribution is 2.54. The molecule has 1 N–H and O–H groups in total. The van der Waals surface area contributed by atoms with Gasteiger partial charge in [0.15, 0.2) is 0 Å². The van der Waals surface area contributed by atoms with Crippen LogP contribution in [0.5, 0.6) is 0 Å². The number of unbranched alkanes of at least 4 members (excludes halogenated alkanes) is 1. The number of ether oxygens (including phenoxy) is 1. The molecule has 29 heavy (non-hydrogen) atoms. The maximum atomic E-state index is 13.4. The minimum absolute atomic E-state index is 0.0509. The Morgan fingerprint density at radius 1 is 1.03 bits per heavy atom. The Morgan fingerprint density at radius 2 is 1.59 bits per heavy atom. The molecule has 0 saturated carbocycles. The normalized spacial score (nSPS) is 22.0. The summed E-state index contributed by atoms with van der Waals surface area (Å²) >= 11 is 0. The first kappa shape index (κ1) is 25.8. The number of rotatable bonds is 9. The number of hydrogen-bond acceptors (Lipinski definition) is 3. The van der Waals surface area contributed by atoms with Gasteiger partial charge in [-0.2, -0.15) is 47.9 Å². The van der Waals surface area contributed by atoms with E-state index in [0.717, 1.165) is 12.2 Å². The molecule has 1 atom stereocenters. The van der Waals surface area contributed by atoms with E-state index in [1.165, 1.54) is 13.0 Å². The molecule has 0 fully saturated rings. The summed E-state index contributed by atoms with van der Waals surface area (Å²) in [6, 6.07) is 0. The van der Waals surface area contributed by atoms with Gasteiger partial charge in [-0.15, -0.1) is 0 Å². The van der Waals surface area contributed by atoms with E-state index < -0.39 is 57.4 Å². The van der Waals surface area contributed by atoms with Gasteiger partial charge >= 0.3 is 23.9 Å². The molecule has 1 rings (SSSR count). The minimum atomic E-state index is -6.91. The molecule has 0 aromatic heterocycles. The molecule has 0 heterocycles. The Kier molecular flexibility index (Phi) is 7.19. The van der Waals surface area contributed by atoms with E-state index in [-0.39, 0.29) is 19.4 Å². The van der Waals surface area contributed by atoms with Gasteiger partial charge in [-0.3, -0.25) is 4.55 Å². The lowest BCUT2D eigenvalue weighted by Crippen LogP contribution is -2.60. The lowest BCUT2D eigenvalue weighted by molar-refractivity contribution is -0.396. The van der Waals surface area contributed by atoms with Crippen molar-refractivity contribution in [3.05, 3.63) is 23.1 Å². The summed E-state index contributed by atoms with van der Waals surface area (Å²) in [5.74, 6) is -19.2. The molecular weight excluding hydrogens is 447 g/mol. The molecule has 0 aliphatic heterocycles. The fourth-order valence-corrected chi connectivity index (χ4v) is 2.85. The van der Waals surface area contributed by atoms with Gasteiger partial charge < -0.3 is 4.74 Å². The molecule has 0 radical (unpaired) electrons. The molecular formula is C15H17F9O4S. The monoisotopic (exact) mass is 464 g/mol. The van der Waals surface area contributed by atoms with Gasteiger partial charge in [0.25, 0.3) is 10.1 Å². The predicted molar refractivity (Wildman–Crippen MR) is 82.5 cm³/mol. The maximum absolute atomic E-state index is 13.4. The second-order valence-corrected chi connectivity index (χ2v) is 8.01. The Balaban J connectivity index is 2.58. The first-order chi connectivity index (χ1) is 12.8. The van der Waals surface area contributed by atoms with Crippen molar-refractivity contribution >= 4 is 10.1 Å². The highest BCUT2D eigenvalue weighted by molar-refractivity contribution is 7.90. The quantitative estimate of drug-likeness (QED) is 0.292. The van der Waals surface area contributed by atoms with Crippen molar-refractivity contribution in [2.75, 3.05) is 6.61 Å². The van der Waals surface area contributed by atoms with Crippen LogP contribution in [0.15, 0.2) is 23.1 Å². The van der Waals surface area contributed by atoms with Crippen molar-refractivity contribution in [1.82, 2.24) is 0 Å². The average Bonchev–Trinajstić information content (AvgIpc) is 2.52. The summed E-state index contributed by atoms with van der Waals surface area (Å²) in [6.07, 6.45) is -6.68. The second-order valence-electron chi connectivity index (χ2n) is 6.59. The lowest BCUT2D eigenvalue weighted by atomic mass is 9.97. The Morgan fingerprint density at radius 3 is 2.00 bits per heavy atom. The largest absolute Gasteiger partial charge is 0.460 e. The van der Waals surface area contributed by atoms with E-state index in [9.17, 15) is 47.9 Å². The highest BCUT2D eigenvalue weighted by Gasteiger charge is 2.81. The van der Waals surface area contributed by atoms with Crippen molar-refractivity contribution in [3.8, 4) is 0 Å². The fraction of sp³-hybridized carbons (Fsp3) is 0.733. The Hall–Kier alpha value is -1.28. The average molecular weight is 464 g/mol. The third-order valence-corrected chi connectivity index (χ3v) is 5.03. The molecule has 0 saturated heterocycles. The lowest BCUT2D eigenvalue weighted by Gasteiger charge is -2.33. The molecule has 0 bridgehead atoms. The third-order valence-electron chi connectivity index (χ3n) is 4.13. The summed E-state index contributed by atoms with van der Waals surface area (Å²) < 4.78 is 151. The van der Waals surface area contributed by atoms with Gasteiger partial charge in [-0.25, -0.2) is 0 Å². The molecule has 1 aliphatic rings. The van der Waals surface area contributed by atoms with Crippen LogP contribution in [0.3, 0.4) is 0 Å². The molecule has 170 valence electrons. The molecule has 4 nitrogen and oxygen atoms in total. The summed E-state index contributed by atoms with van der Waals surface area (Å²) in [6.45, 7) is 1.10. The van der Waals surface area contributed by atoms with Gasteiger partial charge in [-0.05, 0) is 32.3 Å². The first-order valence-corrected chi connectivity index (χ1v) is 9.42. The van der Waals surface area contributed by atoms with Crippen LogP contribution in [0.25, 0.3) is 0 Å². The highest BCUT2D eigenvalue weighted by atomic mass is 32.2. The van der Waals surface area contributed by atoms with E-state index in [0.29, 0.717) is 0 Å². The van der Waals surface area contributed by atoms with Crippen molar-refractivity contribution in [3.63, 3.8) is 0 Å². The maximum Gasteiger partial charge on any atom is 0.460 e. The van der Waals surface area contributed by atoms with Crippen molar-refractivity contribution in [2.24, 2.45) is 0 Å². The van der Waals surface area contributed by atoms with Gasteiger partial charge in [0.1, 0.15) is 0 Å². The fourth-order valence-electron chi connectivity index (χ4n) is 2.32. The zero-order valence-corrected chi connectivity index (χ0v) is 15.6. The van der Waals surface area contributed by atoms with E-state index in [1.807, 2.05) is 0 Å². The molecule has 0 amide bonds. The minimum Gasteiger partial charge on any atom is -0.371 e. The number of alkyl halides is 9. The topological polar surface area (TPSA) is 63.6 Å². The summed E-state index contributed by atoms with van der Waals surface area (Å²) in [4.78, 5) is -0.397. The molecule has 1 unspecified atom stereocenters. The van der Waals surface area contributed by atoms with Crippen molar-refractivity contribution < 1.29 is 57.2 Å². The van der Waals surface area contributed by atoms with Crippen LogP contribution >= 0.6 is 0 Å². The first-order valence-electron chi connectivity index (χ1n) is 7.98. The van der Waals surface area contributed by atoms with E-state index in [1.54, 1.807) is 0 Å². The van der Waals surface area contributed by atoms with Gasteiger partial charge in [-0.1, -0.05) is 12.2 Å². The summed E-state index contributed by atoms with van der Waals surface area (Å²) in [7, 11) is -4.44. The van der Waals surface area contributed by atoms with Crippen LogP contribution in [0, 0.1) is 0 Å². The van der Waals surface area contributed by atoms with Crippen molar-refractivity contribution in [1.29, 1.82) is 0 Å². The van der Waals surface area contributed by atoms with Crippen LogP contribution in [0.2, 0.25) is 0 Å². The molecule has 0 aromatic carbocycles. The van der Waals surface area contributed by atoms with Crippen LogP contribution in [0.1, 0.15) is 32.6 Å². The van der Waals surface area contributed by atoms with Crippen molar-refractivity contribution in [2.45, 2.75) is 62.2 Å². The molecule has 0 aromatic rings. The summed E-state index contributed by atoms with van der Waals surface area (Å²) in [5, 5.41) is 0. The Bertz CT molecular complexity index is 756. The van der Waals surface area contributed by atoms with Gasteiger partial charge in [0.2, 0.25) is 0 Å². The van der Waals surface area contributed by atoms with E-state index in [4.69, 9.17) is 9.29 Å². The third kappa shape index (κ3) is 5.66. The molecule has 0 spiro atoms. The smallest absolute Gasteiger partial charge is 0.371 e. The van der Waals surface area contributed by atoms with Gasteiger partial charge in [0, 0.05) is 13.0 Å². The standard InChI is InChI=1S/C15H17F9O4S/c1-11(7-4-10(5-8-11)29(25,26)27)28-9-3-2-6-12(16,17)13(18,19)14(20,21)15(22,23)24/h4-5,7H,2-3,6,8-9H2,1H3,(H,25,26,27). The number of hydrogen-bond donors (Lipinski definition) is 1. The second kappa shape index (κ2) is 8.10. The van der Waals surface area contributed by atoms with E-state index in [2.05, 4.69) is 0 Å². The summed E-state index contributed by atoms with van der Waals surface area (Å²) in [5.41, 5.74) is -1.12. The van der Waals surface area contributed by atoms with Gasteiger partial charge in [0.05, 0.1) is 10.5 Å². The zero-order valence-electron chi connectivity index (χ0n) is 14.7.